The zero-order valence-corrected chi connectivity index (χ0v) is 8.61. The molecule has 2 heterocycles. The Hall–Kier alpha value is -0.160. The number of ether oxygens (including phenoxy) is 4. The van der Waals surface area contributed by atoms with Crippen LogP contribution in [-0.2, 0) is 18.9 Å². The van der Waals surface area contributed by atoms with E-state index in [1.54, 1.807) is 0 Å². The van der Waals surface area contributed by atoms with Crippen molar-refractivity contribution in [1.82, 2.24) is 0 Å². The predicted molar refractivity (Wildman–Crippen MR) is 50.3 cm³/mol. The first-order chi connectivity index (χ1) is 6.84. The van der Waals surface area contributed by atoms with E-state index in [1.165, 1.54) is 0 Å². The smallest absolute Gasteiger partial charge is 0.104 e. The lowest BCUT2D eigenvalue weighted by Gasteiger charge is -2.11. The molecule has 2 aliphatic rings. The molecule has 0 saturated carbocycles. The SMILES string of the molecule is C[C@H](CCOC[C@H]1CO1)OC[C@H]1CO1. The summed E-state index contributed by atoms with van der Waals surface area (Å²) in [7, 11) is 0. The normalized spacial score (nSPS) is 31.5. The lowest BCUT2D eigenvalue weighted by molar-refractivity contribution is 0.0221. The van der Waals surface area contributed by atoms with E-state index in [0.717, 1.165) is 39.5 Å². The van der Waals surface area contributed by atoms with Crippen molar-refractivity contribution in [3.8, 4) is 0 Å². The first-order valence-corrected chi connectivity index (χ1v) is 5.27. The quantitative estimate of drug-likeness (QED) is 0.427. The third-order valence-electron chi connectivity index (χ3n) is 2.34. The minimum atomic E-state index is 0.263. The summed E-state index contributed by atoms with van der Waals surface area (Å²) in [5.41, 5.74) is 0. The van der Waals surface area contributed by atoms with E-state index in [4.69, 9.17) is 18.9 Å². The molecule has 82 valence electrons. The Morgan fingerprint density at radius 1 is 1.21 bits per heavy atom. The summed E-state index contributed by atoms with van der Waals surface area (Å²) < 4.78 is 21.0. The van der Waals surface area contributed by atoms with Crippen LogP contribution in [0.3, 0.4) is 0 Å². The fourth-order valence-corrected chi connectivity index (χ4v) is 1.15. The molecule has 0 aliphatic carbocycles. The third-order valence-corrected chi connectivity index (χ3v) is 2.34. The van der Waals surface area contributed by atoms with Crippen molar-refractivity contribution in [2.75, 3.05) is 33.0 Å². The van der Waals surface area contributed by atoms with Crippen LogP contribution in [0.25, 0.3) is 0 Å². The van der Waals surface area contributed by atoms with Crippen molar-refractivity contribution in [2.24, 2.45) is 0 Å². The van der Waals surface area contributed by atoms with E-state index in [1.807, 2.05) is 0 Å². The van der Waals surface area contributed by atoms with Gasteiger partial charge in [-0.1, -0.05) is 0 Å². The number of hydrogen-bond donors (Lipinski definition) is 0. The minimum Gasteiger partial charge on any atom is -0.379 e. The van der Waals surface area contributed by atoms with Gasteiger partial charge >= 0.3 is 0 Å². The maximum absolute atomic E-state index is 5.55. The molecule has 0 N–H and O–H groups in total. The fraction of sp³-hybridized carbons (Fsp3) is 1.00. The van der Waals surface area contributed by atoms with Crippen molar-refractivity contribution in [2.45, 2.75) is 31.7 Å². The van der Waals surface area contributed by atoms with Gasteiger partial charge in [0.15, 0.2) is 0 Å². The van der Waals surface area contributed by atoms with Gasteiger partial charge in [-0.25, -0.2) is 0 Å². The molecule has 0 radical (unpaired) electrons. The van der Waals surface area contributed by atoms with Crippen molar-refractivity contribution < 1.29 is 18.9 Å². The molecule has 3 atom stereocenters. The Morgan fingerprint density at radius 3 is 2.50 bits per heavy atom. The third kappa shape index (κ3) is 4.37. The summed E-state index contributed by atoms with van der Waals surface area (Å²) in [6.45, 7) is 6.02. The average molecular weight is 202 g/mol. The topological polar surface area (TPSA) is 43.5 Å². The standard InChI is InChI=1S/C10H18O4/c1-8(12-5-10-7-14-10)2-3-11-4-9-6-13-9/h8-10H,2-7H2,1H3/t8-,9+,10+/m1/s1. The molecule has 0 amide bonds. The Morgan fingerprint density at radius 2 is 1.86 bits per heavy atom. The summed E-state index contributed by atoms with van der Waals surface area (Å²) >= 11 is 0. The van der Waals surface area contributed by atoms with Crippen molar-refractivity contribution in [3.63, 3.8) is 0 Å². The van der Waals surface area contributed by atoms with Crippen LogP contribution in [0.2, 0.25) is 0 Å². The molecule has 2 rings (SSSR count). The molecule has 0 aromatic carbocycles. The first kappa shape index (κ1) is 10.4. The zero-order valence-electron chi connectivity index (χ0n) is 8.61. The molecule has 0 bridgehead atoms. The van der Waals surface area contributed by atoms with Gasteiger partial charge in [-0.3, -0.25) is 0 Å². The number of epoxide rings is 2. The fourth-order valence-electron chi connectivity index (χ4n) is 1.15. The Labute approximate surface area is 84.5 Å². The van der Waals surface area contributed by atoms with Crippen molar-refractivity contribution in [1.29, 1.82) is 0 Å². The Bertz CT molecular complexity index is 166. The molecule has 4 nitrogen and oxygen atoms in total. The highest BCUT2D eigenvalue weighted by Crippen LogP contribution is 2.11. The second kappa shape index (κ2) is 5.07. The van der Waals surface area contributed by atoms with E-state index in [-0.39, 0.29) is 6.10 Å². The maximum Gasteiger partial charge on any atom is 0.104 e. The molecule has 2 fully saturated rings. The molecule has 14 heavy (non-hydrogen) atoms. The van der Waals surface area contributed by atoms with Crippen LogP contribution in [-0.4, -0.2) is 51.3 Å². The molecular formula is C10H18O4. The zero-order chi connectivity index (χ0) is 9.80. The highest BCUT2D eigenvalue weighted by Gasteiger charge is 2.24. The number of rotatable bonds is 8. The molecule has 0 aromatic heterocycles. The van der Waals surface area contributed by atoms with Crippen LogP contribution in [0.5, 0.6) is 0 Å². The summed E-state index contributed by atoms with van der Waals surface area (Å²) in [6.07, 6.45) is 1.93. The molecule has 2 aliphatic heterocycles. The average Bonchev–Trinajstić information content (AvgIpc) is 3.02. The Kier molecular flexibility index (Phi) is 3.75. The highest BCUT2D eigenvalue weighted by atomic mass is 16.6. The van der Waals surface area contributed by atoms with Crippen LogP contribution in [0.4, 0.5) is 0 Å². The second-order valence-corrected chi connectivity index (χ2v) is 3.92. The van der Waals surface area contributed by atoms with E-state index in [2.05, 4.69) is 6.92 Å². The van der Waals surface area contributed by atoms with Crippen LogP contribution >= 0.6 is 0 Å². The van der Waals surface area contributed by atoms with E-state index in [9.17, 15) is 0 Å². The van der Waals surface area contributed by atoms with Crippen LogP contribution < -0.4 is 0 Å². The second-order valence-electron chi connectivity index (χ2n) is 3.92. The van der Waals surface area contributed by atoms with Gasteiger partial charge in [0.1, 0.15) is 12.2 Å². The van der Waals surface area contributed by atoms with Gasteiger partial charge in [-0.2, -0.15) is 0 Å². The van der Waals surface area contributed by atoms with Crippen molar-refractivity contribution >= 4 is 0 Å². The molecule has 0 aromatic rings. The first-order valence-electron chi connectivity index (χ1n) is 5.27. The monoisotopic (exact) mass is 202 g/mol. The highest BCUT2D eigenvalue weighted by molar-refractivity contribution is 4.69. The summed E-state index contributed by atoms with van der Waals surface area (Å²) in [5, 5.41) is 0. The van der Waals surface area contributed by atoms with Gasteiger partial charge in [-0.05, 0) is 13.3 Å². The Balaban J connectivity index is 1.38. The molecular weight excluding hydrogens is 184 g/mol. The van der Waals surface area contributed by atoms with Gasteiger partial charge < -0.3 is 18.9 Å². The predicted octanol–water partition coefficient (Wildman–Crippen LogP) is 0.596. The molecule has 2 saturated heterocycles. The molecule has 0 spiro atoms. The molecule has 0 unspecified atom stereocenters. The summed E-state index contributed by atoms with van der Waals surface area (Å²) in [5.74, 6) is 0. The minimum absolute atomic E-state index is 0.263. The van der Waals surface area contributed by atoms with E-state index in [0.29, 0.717) is 12.2 Å². The van der Waals surface area contributed by atoms with Gasteiger partial charge in [0, 0.05) is 6.61 Å². The molecule has 4 heteroatoms. The van der Waals surface area contributed by atoms with E-state index >= 15 is 0 Å². The summed E-state index contributed by atoms with van der Waals surface area (Å²) in [4.78, 5) is 0. The van der Waals surface area contributed by atoms with Gasteiger partial charge in [0.25, 0.3) is 0 Å². The largest absolute Gasteiger partial charge is 0.379 e. The van der Waals surface area contributed by atoms with Crippen molar-refractivity contribution in [3.05, 3.63) is 0 Å². The lowest BCUT2D eigenvalue weighted by atomic mass is 10.3. The lowest BCUT2D eigenvalue weighted by Crippen LogP contribution is -2.15. The van der Waals surface area contributed by atoms with E-state index < -0.39 is 0 Å². The van der Waals surface area contributed by atoms with Crippen LogP contribution in [0.1, 0.15) is 13.3 Å². The van der Waals surface area contributed by atoms with Gasteiger partial charge in [0.05, 0.1) is 32.5 Å². The summed E-state index contributed by atoms with van der Waals surface area (Å²) in [6, 6.07) is 0. The van der Waals surface area contributed by atoms with Crippen LogP contribution in [0.15, 0.2) is 0 Å². The maximum atomic E-state index is 5.55. The number of hydrogen-bond acceptors (Lipinski definition) is 4. The van der Waals surface area contributed by atoms with Gasteiger partial charge in [-0.15, -0.1) is 0 Å². The van der Waals surface area contributed by atoms with Gasteiger partial charge in [0.2, 0.25) is 0 Å². The van der Waals surface area contributed by atoms with Crippen LogP contribution in [0, 0.1) is 0 Å².